The van der Waals surface area contributed by atoms with Crippen molar-refractivity contribution in [1.29, 1.82) is 0 Å². The standard InChI is InChI=1S/C19H23NO5S2/c1-23-15-10-13(11-16(24-2)18(15)22)19-20(17(21)5-8-27-19)6-9-26-12-14-4-3-7-25-14/h3-4,7,10-11,19,22H,5-6,8-9,12H2,1-2H3. The van der Waals surface area contributed by atoms with Crippen molar-refractivity contribution in [3.63, 3.8) is 0 Å². The van der Waals surface area contributed by atoms with Crippen molar-refractivity contribution in [2.75, 3.05) is 32.3 Å². The highest BCUT2D eigenvalue weighted by molar-refractivity contribution is 7.99. The van der Waals surface area contributed by atoms with E-state index in [-0.39, 0.29) is 17.0 Å². The average molecular weight is 410 g/mol. The van der Waals surface area contributed by atoms with Crippen LogP contribution in [0.15, 0.2) is 34.9 Å². The van der Waals surface area contributed by atoms with Crippen LogP contribution in [-0.2, 0) is 10.5 Å². The molecule has 0 radical (unpaired) electrons. The summed E-state index contributed by atoms with van der Waals surface area (Å²) < 4.78 is 15.9. The summed E-state index contributed by atoms with van der Waals surface area (Å²) in [6, 6.07) is 7.38. The number of furan rings is 1. The molecule has 1 aromatic heterocycles. The van der Waals surface area contributed by atoms with Crippen molar-refractivity contribution >= 4 is 29.4 Å². The Morgan fingerprint density at radius 3 is 2.70 bits per heavy atom. The summed E-state index contributed by atoms with van der Waals surface area (Å²) in [6.45, 7) is 0.646. The predicted molar refractivity (Wildman–Crippen MR) is 108 cm³/mol. The molecule has 1 N–H and O–H groups in total. The minimum absolute atomic E-state index is 0.0311. The number of nitrogens with zero attached hydrogens (tertiary/aromatic N) is 1. The topological polar surface area (TPSA) is 72.1 Å². The average Bonchev–Trinajstić information content (AvgIpc) is 3.20. The highest BCUT2D eigenvalue weighted by Gasteiger charge is 2.31. The lowest BCUT2D eigenvalue weighted by Crippen LogP contribution is -2.38. The van der Waals surface area contributed by atoms with Gasteiger partial charge in [0.1, 0.15) is 11.1 Å². The maximum Gasteiger partial charge on any atom is 0.224 e. The van der Waals surface area contributed by atoms with Crippen molar-refractivity contribution in [2.24, 2.45) is 0 Å². The van der Waals surface area contributed by atoms with Crippen LogP contribution >= 0.6 is 23.5 Å². The van der Waals surface area contributed by atoms with Gasteiger partial charge in [-0.1, -0.05) is 0 Å². The van der Waals surface area contributed by atoms with Gasteiger partial charge in [0.15, 0.2) is 11.5 Å². The molecule has 1 fully saturated rings. The summed E-state index contributed by atoms with van der Waals surface area (Å²) >= 11 is 3.45. The zero-order chi connectivity index (χ0) is 19.2. The van der Waals surface area contributed by atoms with Gasteiger partial charge in [-0.3, -0.25) is 4.79 Å². The molecule has 0 spiro atoms. The molecule has 0 saturated carbocycles. The van der Waals surface area contributed by atoms with Crippen LogP contribution in [0.5, 0.6) is 17.2 Å². The number of ether oxygens (including phenoxy) is 2. The molecule has 2 heterocycles. The van der Waals surface area contributed by atoms with Crippen molar-refractivity contribution in [2.45, 2.75) is 17.5 Å². The number of methoxy groups -OCH3 is 2. The second-order valence-electron chi connectivity index (χ2n) is 5.97. The molecule has 3 rings (SSSR count). The Labute approximate surface area is 167 Å². The zero-order valence-corrected chi connectivity index (χ0v) is 17.0. The fourth-order valence-electron chi connectivity index (χ4n) is 2.93. The molecule has 1 atom stereocenters. The van der Waals surface area contributed by atoms with Crippen molar-refractivity contribution in [3.8, 4) is 17.2 Å². The van der Waals surface area contributed by atoms with Crippen LogP contribution in [0, 0.1) is 0 Å². The monoisotopic (exact) mass is 409 g/mol. The summed E-state index contributed by atoms with van der Waals surface area (Å²) in [6.07, 6.45) is 2.21. The summed E-state index contributed by atoms with van der Waals surface area (Å²) in [4.78, 5) is 14.4. The largest absolute Gasteiger partial charge is 0.502 e. The Hall–Kier alpha value is -1.93. The van der Waals surface area contributed by atoms with Crippen molar-refractivity contribution < 1.29 is 23.8 Å². The van der Waals surface area contributed by atoms with E-state index in [2.05, 4.69) is 0 Å². The molecule has 0 bridgehead atoms. The third-order valence-corrected chi connectivity index (χ3v) is 6.53. The number of thioether (sulfide) groups is 2. The number of carbonyl (C=O) groups excluding carboxylic acids is 1. The molecule has 146 valence electrons. The first-order valence-corrected chi connectivity index (χ1v) is 10.8. The minimum Gasteiger partial charge on any atom is -0.502 e. The quantitative estimate of drug-likeness (QED) is 0.663. The number of hydrogen-bond donors (Lipinski definition) is 1. The Morgan fingerprint density at radius 2 is 2.07 bits per heavy atom. The Bertz CT molecular complexity index is 740. The first kappa shape index (κ1) is 19.8. The lowest BCUT2D eigenvalue weighted by atomic mass is 10.1. The summed E-state index contributed by atoms with van der Waals surface area (Å²) in [5, 5.41) is 10.0. The molecular weight excluding hydrogens is 386 g/mol. The van der Waals surface area contributed by atoms with Gasteiger partial charge in [-0.25, -0.2) is 0 Å². The van der Waals surface area contributed by atoms with E-state index in [0.717, 1.165) is 28.6 Å². The number of rotatable bonds is 8. The molecule has 1 aliphatic heterocycles. The molecule has 1 amide bonds. The number of amides is 1. The van der Waals surface area contributed by atoms with Gasteiger partial charge in [0.25, 0.3) is 0 Å². The summed E-state index contributed by atoms with van der Waals surface area (Å²) in [5.74, 6) is 4.10. The molecule has 1 unspecified atom stereocenters. The van der Waals surface area contributed by atoms with Gasteiger partial charge in [-0.15, -0.1) is 11.8 Å². The number of aromatic hydroxyl groups is 1. The first-order valence-electron chi connectivity index (χ1n) is 8.60. The van der Waals surface area contributed by atoms with Gasteiger partial charge in [0, 0.05) is 24.5 Å². The van der Waals surface area contributed by atoms with Gasteiger partial charge in [0.05, 0.1) is 26.2 Å². The van der Waals surface area contributed by atoms with E-state index >= 15 is 0 Å². The van der Waals surface area contributed by atoms with E-state index in [9.17, 15) is 9.90 Å². The molecule has 1 saturated heterocycles. The van der Waals surface area contributed by atoms with Gasteiger partial charge < -0.3 is 23.9 Å². The number of benzene rings is 1. The molecule has 27 heavy (non-hydrogen) atoms. The van der Waals surface area contributed by atoms with Crippen LogP contribution in [-0.4, -0.2) is 48.2 Å². The molecule has 1 aliphatic rings. The van der Waals surface area contributed by atoms with E-state index in [0.29, 0.717) is 24.5 Å². The number of phenols is 1. The maximum atomic E-state index is 12.5. The number of carbonyl (C=O) groups is 1. The van der Waals surface area contributed by atoms with Gasteiger partial charge in [-0.2, -0.15) is 11.8 Å². The van der Waals surface area contributed by atoms with Crippen LogP contribution < -0.4 is 9.47 Å². The second kappa shape index (κ2) is 9.32. The van der Waals surface area contributed by atoms with Gasteiger partial charge >= 0.3 is 0 Å². The van der Waals surface area contributed by atoms with E-state index in [1.807, 2.05) is 17.0 Å². The summed E-state index contributed by atoms with van der Waals surface area (Å²) in [7, 11) is 3.00. The SMILES string of the molecule is COc1cc(C2SCCC(=O)N2CCSCc2ccco2)cc(OC)c1O. The van der Waals surface area contributed by atoms with Crippen LogP contribution in [0.4, 0.5) is 0 Å². The predicted octanol–water partition coefficient (Wildman–Crippen LogP) is 3.90. The molecule has 8 heteroatoms. The lowest BCUT2D eigenvalue weighted by molar-refractivity contribution is -0.131. The molecule has 2 aromatic rings. The Balaban J connectivity index is 1.72. The van der Waals surface area contributed by atoms with Crippen LogP contribution in [0.25, 0.3) is 0 Å². The van der Waals surface area contributed by atoms with Crippen LogP contribution in [0.2, 0.25) is 0 Å². The third-order valence-electron chi connectivity index (χ3n) is 4.28. The molecule has 1 aromatic carbocycles. The highest BCUT2D eigenvalue weighted by Crippen LogP contribution is 2.44. The normalized spacial score (nSPS) is 17.2. The van der Waals surface area contributed by atoms with E-state index in [4.69, 9.17) is 13.9 Å². The van der Waals surface area contributed by atoms with Crippen molar-refractivity contribution in [3.05, 3.63) is 41.9 Å². The minimum atomic E-state index is -0.126. The van der Waals surface area contributed by atoms with E-state index in [1.165, 1.54) is 14.2 Å². The van der Waals surface area contributed by atoms with Crippen LogP contribution in [0.1, 0.15) is 23.1 Å². The maximum absolute atomic E-state index is 12.5. The molecule has 0 aliphatic carbocycles. The summed E-state index contributed by atoms with van der Waals surface area (Å²) in [5.41, 5.74) is 0.885. The molecular formula is C19H23NO5S2. The fraction of sp³-hybridized carbons (Fsp3) is 0.421. The van der Waals surface area contributed by atoms with Crippen molar-refractivity contribution in [1.82, 2.24) is 4.90 Å². The van der Waals surface area contributed by atoms with Gasteiger partial charge in [0.2, 0.25) is 11.7 Å². The third kappa shape index (κ3) is 4.68. The highest BCUT2D eigenvalue weighted by atomic mass is 32.2. The number of hydrogen-bond acceptors (Lipinski definition) is 7. The molecule has 6 nitrogen and oxygen atoms in total. The lowest BCUT2D eigenvalue weighted by Gasteiger charge is -2.35. The van der Waals surface area contributed by atoms with E-state index in [1.54, 1.807) is 41.9 Å². The fourth-order valence-corrected chi connectivity index (χ4v) is 5.01. The second-order valence-corrected chi connectivity index (χ2v) is 8.26. The zero-order valence-electron chi connectivity index (χ0n) is 15.3. The number of phenolic OH excluding ortho intramolecular Hbond substituents is 1. The smallest absolute Gasteiger partial charge is 0.224 e. The van der Waals surface area contributed by atoms with Crippen LogP contribution in [0.3, 0.4) is 0 Å². The van der Waals surface area contributed by atoms with E-state index < -0.39 is 0 Å². The van der Waals surface area contributed by atoms with Gasteiger partial charge in [-0.05, 0) is 29.8 Å². The Kier molecular flexibility index (Phi) is 6.84. The Morgan fingerprint density at radius 1 is 1.33 bits per heavy atom. The first-order chi connectivity index (χ1) is 13.1.